The van der Waals surface area contributed by atoms with Crippen LogP contribution in [0.25, 0.3) is 0 Å². The summed E-state index contributed by atoms with van der Waals surface area (Å²) in [5.74, 6) is 0.725. The third-order valence-corrected chi connectivity index (χ3v) is 2.12. The average Bonchev–Trinajstić information content (AvgIpc) is 2.60. The molecule has 0 aromatic carbocycles. The van der Waals surface area contributed by atoms with E-state index in [2.05, 4.69) is 20.9 Å². The highest BCUT2D eigenvalue weighted by Gasteiger charge is 2.40. The van der Waals surface area contributed by atoms with Gasteiger partial charge < -0.3 is 9.47 Å². The SMILES string of the molecule is C#CCOC(=O)C1=C(C(=O)OC)N=NC1(C)C. The molecule has 1 heterocycles. The van der Waals surface area contributed by atoms with Gasteiger partial charge in [0.05, 0.1) is 7.11 Å². The van der Waals surface area contributed by atoms with Gasteiger partial charge in [-0.3, -0.25) is 0 Å². The van der Waals surface area contributed by atoms with Crippen molar-refractivity contribution in [1.82, 2.24) is 0 Å². The van der Waals surface area contributed by atoms with E-state index in [1.54, 1.807) is 13.8 Å². The number of nitrogens with zero attached hydrogens (tertiary/aromatic N) is 2. The molecule has 0 saturated heterocycles. The second-order valence-electron chi connectivity index (χ2n) is 3.75. The lowest BCUT2D eigenvalue weighted by Gasteiger charge is -2.15. The van der Waals surface area contributed by atoms with E-state index >= 15 is 0 Å². The Morgan fingerprint density at radius 1 is 1.41 bits per heavy atom. The number of methoxy groups -OCH3 is 1. The first-order valence-corrected chi connectivity index (χ1v) is 4.80. The molecular weight excluding hydrogens is 224 g/mol. The standard InChI is InChI=1S/C11H12N2O4/c1-5-6-17-9(14)7-8(10(15)16-4)12-13-11(7,2)3/h1H,6H2,2-4H3. The summed E-state index contributed by atoms with van der Waals surface area (Å²) in [7, 11) is 1.20. The van der Waals surface area contributed by atoms with Crippen molar-refractivity contribution in [1.29, 1.82) is 0 Å². The minimum Gasteiger partial charge on any atom is -0.464 e. The second kappa shape index (κ2) is 4.78. The van der Waals surface area contributed by atoms with Crippen molar-refractivity contribution in [2.45, 2.75) is 19.4 Å². The Morgan fingerprint density at radius 3 is 2.59 bits per heavy atom. The highest BCUT2D eigenvalue weighted by Crippen LogP contribution is 2.33. The minimum atomic E-state index is -0.921. The van der Waals surface area contributed by atoms with Crippen LogP contribution in [-0.4, -0.2) is 31.2 Å². The lowest BCUT2D eigenvalue weighted by molar-refractivity contribution is -0.140. The van der Waals surface area contributed by atoms with Crippen molar-refractivity contribution in [3.8, 4) is 12.3 Å². The smallest absolute Gasteiger partial charge is 0.359 e. The molecule has 0 amide bonds. The van der Waals surface area contributed by atoms with E-state index in [1.807, 2.05) is 0 Å². The number of hydrogen-bond acceptors (Lipinski definition) is 6. The van der Waals surface area contributed by atoms with Gasteiger partial charge in [0.1, 0.15) is 11.1 Å². The second-order valence-corrected chi connectivity index (χ2v) is 3.75. The zero-order chi connectivity index (χ0) is 13.1. The van der Waals surface area contributed by atoms with E-state index in [1.165, 1.54) is 7.11 Å². The van der Waals surface area contributed by atoms with Crippen LogP contribution in [0.1, 0.15) is 13.8 Å². The van der Waals surface area contributed by atoms with Crippen LogP contribution >= 0.6 is 0 Å². The van der Waals surface area contributed by atoms with Crippen molar-refractivity contribution < 1.29 is 19.1 Å². The molecule has 0 spiro atoms. The predicted molar refractivity (Wildman–Crippen MR) is 57.8 cm³/mol. The van der Waals surface area contributed by atoms with Crippen molar-refractivity contribution in [3.05, 3.63) is 11.3 Å². The van der Waals surface area contributed by atoms with Crippen LogP contribution in [0.4, 0.5) is 0 Å². The van der Waals surface area contributed by atoms with Crippen molar-refractivity contribution in [2.75, 3.05) is 13.7 Å². The number of carbonyl (C=O) groups is 2. The van der Waals surface area contributed by atoms with Crippen molar-refractivity contribution in [2.24, 2.45) is 10.2 Å². The molecule has 0 aromatic heterocycles. The highest BCUT2D eigenvalue weighted by molar-refractivity contribution is 6.02. The lowest BCUT2D eigenvalue weighted by Crippen LogP contribution is -2.27. The zero-order valence-corrected chi connectivity index (χ0v) is 9.81. The third kappa shape index (κ3) is 2.50. The molecule has 0 N–H and O–H groups in total. The van der Waals surface area contributed by atoms with E-state index in [-0.39, 0.29) is 17.9 Å². The fraction of sp³-hybridized carbons (Fsp3) is 0.455. The Morgan fingerprint density at radius 2 is 2.06 bits per heavy atom. The molecule has 6 nitrogen and oxygen atoms in total. The number of esters is 2. The van der Waals surface area contributed by atoms with Crippen LogP contribution < -0.4 is 0 Å². The molecule has 0 unspecified atom stereocenters. The summed E-state index contributed by atoms with van der Waals surface area (Å²) in [6.45, 7) is 3.10. The Kier molecular flexibility index (Phi) is 3.63. The maximum atomic E-state index is 11.7. The quantitative estimate of drug-likeness (QED) is 0.537. The molecule has 1 aliphatic rings. The minimum absolute atomic E-state index is 0.0552. The van der Waals surface area contributed by atoms with Gasteiger partial charge in [0.25, 0.3) is 0 Å². The van der Waals surface area contributed by atoms with E-state index in [4.69, 9.17) is 11.2 Å². The fourth-order valence-electron chi connectivity index (χ4n) is 1.33. The maximum absolute atomic E-state index is 11.7. The van der Waals surface area contributed by atoms with Gasteiger partial charge in [-0.05, 0) is 13.8 Å². The molecule has 1 aliphatic heterocycles. The van der Waals surface area contributed by atoms with E-state index in [0.29, 0.717) is 0 Å². The number of rotatable bonds is 3. The molecule has 6 heteroatoms. The predicted octanol–water partition coefficient (Wildman–Crippen LogP) is 0.834. The third-order valence-electron chi connectivity index (χ3n) is 2.12. The summed E-state index contributed by atoms with van der Waals surface area (Å²) in [5.41, 5.74) is -1.01. The van der Waals surface area contributed by atoms with Gasteiger partial charge in [-0.1, -0.05) is 5.92 Å². The molecule has 0 saturated carbocycles. The summed E-state index contributed by atoms with van der Waals surface area (Å²) in [4.78, 5) is 23.2. The number of carbonyl (C=O) groups excluding carboxylic acids is 2. The van der Waals surface area contributed by atoms with Gasteiger partial charge in [-0.2, -0.15) is 5.11 Å². The summed E-state index contributed by atoms with van der Waals surface area (Å²) in [6.07, 6.45) is 4.98. The lowest BCUT2D eigenvalue weighted by atomic mass is 9.94. The van der Waals surface area contributed by atoms with Gasteiger partial charge in [0.15, 0.2) is 12.3 Å². The number of hydrogen-bond donors (Lipinski definition) is 0. The van der Waals surface area contributed by atoms with E-state index in [0.717, 1.165) is 0 Å². The van der Waals surface area contributed by atoms with Crippen molar-refractivity contribution in [3.63, 3.8) is 0 Å². The molecule has 0 atom stereocenters. The zero-order valence-electron chi connectivity index (χ0n) is 9.81. The van der Waals surface area contributed by atoms with Gasteiger partial charge >= 0.3 is 11.9 Å². The summed E-state index contributed by atoms with van der Waals surface area (Å²) < 4.78 is 9.29. The molecule has 0 fully saturated rings. The molecule has 17 heavy (non-hydrogen) atoms. The Labute approximate surface area is 98.7 Å². The average molecular weight is 236 g/mol. The normalized spacial score (nSPS) is 16.6. The summed E-state index contributed by atoms with van der Waals surface area (Å²) in [6, 6.07) is 0. The molecule has 1 rings (SSSR count). The fourth-order valence-corrected chi connectivity index (χ4v) is 1.33. The molecule has 0 bridgehead atoms. The molecule has 0 radical (unpaired) electrons. The van der Waals surface area contributed by atoms with Crippen LogP contribution in [0.2, 0.25) is 0 Å². The Bertz CT molecular complexity index is 455. The van der Waals surface area contributed by atoms with Crippen LogP contribution in [0.15, 0.2) is 21.5 Å². The number of ether oxygens (including phenoxy) is 2. The van der Waals surface area contributed by atoms with Crippen molar-refractivity contribution >= 4 is 11.9 Å². The Hall–Kier alpha value is -2.16. The van der Waals surface area contributed by atoms with Gasteiger partial charge in [0.2, 0.25) is 0 Å². The van der Waals surface area contributed by atoms with E-state index < -0.39 is 17.5 Å². The summed E-state index contributed by atoms with van der Waals surface area (Å²) >= 11 is 0. The first-order valence-electron chi connectivity index (χ1n) is 4.80. The van der Waals surface area contributed by atoms with Crippen LogP contribution in [0.3, 0.4) is 0 Å². The highest BCUT2D eigenvalue weighted by atomic mass is 16.5. The van der Waals surface area contributed by atoms with Crippen LogP contribution in [-0.2, 0) is 19.1 Å². The van der Waals surface area contributed by atoms with Gasteiger partial charge in [-0.15, -0.1) is 11.5 Å². The maximum Gasteiger partial charge on any atom is 0.359 e. The first-order chi connectivity index (χ1) is 7.94. The van der Waals surface area contributed by atoms with Crippen LogP contribution in [0.5, 0.6) is 0 Å². The molecule has 0 aliphatic carbocycles. The number of azo groups is 1. The topological polar surface area (TPSA) is 77.3 Å². The number of terminal acetylenes is 1. The first kappa shape index (κ1) is 12.9. The molecule has 0 aromatic rings. The monoisotopic (exact) mass is 236 g/mol. The van der Waals surface area contributed by atoms with Gasteiger partial charge in [0, 0.05) is 0 Å². The largest absolute Gasteiger partial charge is 0.464 e. The van der Waals surface area contributed by atoms with E-state index in [9.17, 15) is 9.59 Å². The Balaban J connectivity index is 3.09. The summed E-state index contributed by atoms with van der Waals surface area (Å²) in [5, 5.41) is 7.47. The van der Waals surface area contributed by atoms with Crippen LogP contribution in [0, 0.1) is 12.3 Å². The molecule has 90 valence electrons. The van der Waals surface area contributed by atoms with Gasteiger partial charge in [-0.25, -0.2) is 9.59 Å². The molecular formula is C11H12N2O4.